The number of nitrogens with zero attached hydrogens (tertiary/aromatic N) is 1. The van der Waals surface area contributed by atoms with Crippen LogP contribution in [0.3, 0.4) is 0 Å². The van der Waals surface area contributed by atoms with Crippen LogP contribution in [0, 0.1) is 28.6 Å². The number of hydrogen-bond acceptors (Lipinski definition) is 6. The number of carbonyl (C=O) groups excluding carboxylic acids is 1. The molecule has 0 radical (unpaired) electrons. The van der Waals surface area contributed by atoms with Crippen LogP contribution in [0.5, 0.6) is 0 Å². The molecule has 3 saturated carbocycles. The zero-order chi connectivity index (χ0) is 25.6. The molecule has 1 saturated heterocycles. The van der Waals surface area contributed by atoms with Crippen LogP contribution in [-0.4, -0.2) is 64.1 Å². The summed E-state index contributed by atoms with van der Waals surface area (Å²) in [5.74, 6) is 2.35. The first kappa shape index (κ1) is 24.3. The molecule has 6 aliphatic rings. The normalized spacial score (nSPS) is 40.9. The SMILES string of the molecule is COC1C2OC3=C4C(CCC3=O)CC3C(CC1(C)CNS(=O)(=O)c1ccccc1)C42CCN3CC1CC1. The van der Waals surface area contributed by atoms with E-state index in [0.29, 0.717) is 30.1 Å². The molecule has 1 aromatic carbocycles. The Balaban J connectivity index is 1.26. The van der Waals surface area contributed by atoms with Crippen molar-refractivity contribution in [2.24, 2.45) is 28.6 Å². The van der Waals surface area contributed by atoms with Gasteiger partial charge in [0.1, 0.15) is 12.2 Å². The van der Waals surface area contributed by atoms with Crippen LogP contribution in [0.4, 0.5) is 0 Å². The third kappa shape index (κ3) is 3.55. The highest BCUT2D eigenvalue weighted by Gasteiger charge is 2.72. The number of nitrogens with one attached hydrogen (secondary N) is 1. The Kier molecular flexibility index (Phi) is 5.50. The van der Waals surface area contributed by atoms with Crippen LogP contribution in [0.15, 0.2) is 46.6 Å². The number of piperidine rings is 1. The van der Waals surface area contributed by atoms with Crippen molar-refractivity contribution in [3.63, 3.8) is 0 Å². The minimum atomic E-state index is -3.66. The second-order valence-electron chi connectivity index (χ2n) is 12.7. The maximum atomic E-state index is 13.2. The number of ether oxygens (including phenoxy) is 2. The van der Waals surface area contributed by atoms with Gasteiger partial charge in [-0.2, -0.15) is 0 Å². The lowest BCUT2D eigenvalue weighted by atomic mass is 9.44. The van der Waals surface area contributed by atoms with E-state index in [9.17, 15) is 13.2 Å². The summed E-state index contributed by atoms with van der Waals surface area (Å²) in [7, 11) is -1.94. The molecule has 7 atom stereocenters. The van der Waals surface area contributed by atoms with Gasteiger partial charge in [-0.1, -0.05) is 25.1 Å². The number of sulfonamides is 1. The van der Waals surface area contributed by atoms with Gasteiger partial charge in [0.2, 0.25) is 10.0 Å². The second-order valence-corrected chi connectivity index (χ2v) is 14.5. The number of ketones is 1. The molecular weight excluding hydrogens is 488 g/mol. The topological polar surface area (TPSA) is 84.9 Å². The van der Waals surface area contributed by atoms with Crippen molar-refractivity contribution in [3.05, 3.63) is 41.7 Å². The highest BCUT2D eigenvalue weighted by molar-refractivity contribution is 7.89. The third-order valence-corrected chi connectivity index (χ3v) is 12.0. The molecule has 7 unspecified atom stereocenters. The summed E-state index contributed by atoms with van der Waals surface area (Å²) in [5, 5.41) is 0. The molecule has 1 N–H and O–H groups in total. The van der Waals surface area contributed by atoms with Crippen LogP contribution >= 0.6 is 0 Å². The van der Waals surface area contributed by atoms with Gasteiger partial charge in [0.05, 0.1) is 4.90 Å². The van der Waals surface area contributed by atoms with Crippen molar-refractivity contribution in [2.45, 2.75) is 75.0 Å². The molecule has 200 valence electrons. The lowest BCUT2D eigenvalue weighted by molar-refractivity contribution is -0.205. The van der Waals surface area contributed by atoms with Gasteiger partial charge in [-0.25, -0.2) is 13.1 Å². The Hall–Kier alpha value is -1.74. The third-order valence-electron chi connectivity index (χ3n) is 10.6. The maximum Gasteiger partial charge on any atom is 0.240 e. The van der Waals surface area contributed by atoms with E-state index in [1.807, 2.05) is 6.07 Å². The van der Waals surface area contributed by atoms with Gasteiger partial charge < -0.3 is 9.47 Å². The Bertz CT molecular complexity index is 1240. The summed E-state index contributed by atoms with van der Waals surface area (Å²) < 4.78 is 42.2. The van der Waals surface area contributed by atoms with E-state index in [2.05, 4.69) is 16.5 Å². The first-order valence-electron chi connectivity index (χ1n) is 14.0. The molecule has 4 aliphatic carbocycles. The van der Waals surface area contributed by atoms with Crippen molar-refractivity contribution < 1.29 is 22.7 Å². The summed E-state index contributed by atoms with van der Waals surface area (Å²) in [6.07, 6.45) is 6.56. The molecule has 0 aromatic heterocycles. The summed E-state index contributed by atoms with van der Waals surface area (Å²) in [5.41, 5.74) is 0.660. The molecule has 7 nitrogen and oxygen atoms in total. The molecule has 2 bridgehead atoms. The predicted molar refractivity (Wildman–Crippen MR) is 138 cm³/mol. The van der Waals surface area contributed by atoms with Gasteiger partial charge in [0, 0.05) is 43.5 Å². The number of benzene rings is 1. The predicted octanol–water partition coefficient (Wildman–Crippen LogP) is 3.51. The first-order chi connectivity index (χ1) is 17.8. The summed E-state index contributed by atoms with van der Waals surface area (Å²) in [4.78, 5) is 16.1. The van der Waals surface area contributed by atoms with Gasteiger partial charge in [0.25, 0.3) is 0 Å². The number of methoxy groups -OCH3 is 1. The molecule has 0 amide bonds. The fourth-order valence-electron chi connectivity index (χ4n) is 8.83. The molecule has 2 heterocycles. The van der Waals surface area contributed by atoms with Crippen molar-refractivity contribution >= 4 is 15.8 Å². The van der Waals surface area contributed by atoms with Crippen molar-refractivity contribution in [2.75, 3.05) is 26.7 Å². The Morgan fingerprint density at radius 1 is 1.19 bits per heavy atom. The monoisotopic (exact) mass is 526 g/mol. The minimum absolute atomic E-state index is 0.147. The van der Waals surface area contributed by atoms with E-state index >= 15 is 0 Å². The fraction of sp³-hybridized carbons (Fsp3) is 0.690. The highest BCUT2D eigenvalue weighted by Crippen LogP contribution is 2.69. The first-order valence-corrected chi connectivity index (χ1v) is 15.5. The molecule has 7 rings (SSSR count). The number of rotatable bonds is 7. The van der Waals surface area contributed by atoms with Crippen LogP contribution in [0.2, 0.25) is 0 Å². The van der Waals surface area contributed by atoms with Gasteiger partial charge >= 0.3 is 0 Å². The van der Waals surface area contributed by atoms with Crippen LogP contribution < -0.4 is 4.72 Å². The highest BCUT2D eigenvalue weighted by atomic mass is 32.2. The quantitative estimate of drug-likeness (QED) is 0.585. The van der Waals surface area contributed by atoms with E-state index in [1.54, 1.807) is 31.4 Å². The Morgan fingerprint density at radius 3 is 2.70 bits per heavy atom. The summed E-state index contributed by atoms with van der Waals surface area (Å²) in [6.45, 7) is 4.64. The van der Waals surface area contributed by atoms with E-state index in [4.69, 9.17) is 9.47 Å². The molecule has 1 spiro atoms. The van der Waals surface area contributed by atoms with Crippen molar-refractivity contribution in [1.82, 2.24) is 9.62 Å². The Labute approximate surface area is 220 Å². The molecule has 1 aromatic rings. The standard InChI is InChI=1S/C29H38N2O5S/c1-28(17-30-37(33,34)20-6-4-3-5-7-20)15-21-22-14-19-10-11-23(32)25-24(19)29(21,27(36-25)26(28)35-2)12-13-31(22)16-18-8-9-18/h3-7,18-19,21-22,26-27,30H,8-17H2,1-2H3. The number of allylic oxidation sites excluding steroid dienone is 1. The van der Waals surface area contributed by atoms with Crippen LogP contribution in [-0.2, 0) is 24.3 Å². The zero-order valence-electron chi connectivity index (χ0n) is 21.8. The zero-order valence-corrected chi connectivity index (χ0v) is 22.6. The smallest absolute Gasteiger partial charge is 0.240 e. The number of carbonyl (C=O) groups is 1. The number of Topliss-reactive ketones (excluding diaryl/α,β-unsaturated/α-hetero) is 1. The second kappa shape index (κ2) is 8.38. The minimum Gasteiger partial charge on any atom is -0.483 e. The molecule has 2 aliphatic heterocycles. The average Bonchev–Trinajstić information content (AvgIpc) is 3.64. The lowest BCUT2D eigenvalue weighted by Crippen LogP contribution is -2.70. The molecule has 37 heavy (non-hydrogen) atoms. The molecule has 4 fully saturated rings. The summed E-state index contributed by atoms with van der Waals surface area (Å²) >= 11 is 0. The van der Waals surface area contributed by atoms with Gasteiger partial charge in [-0.15, -0.1) is 0 Å². The van der Waals surface area contributed by atoms with E-state index in [-0.39, 0.29) is 34.8 Å². The average molecular weight is 527 g/mol. The lowest BCUT2D eigenvalue weighted by Gasteiger charge is -2.65. The van der Waals surface area contributed by atoms with E-state index in [0.717, 1.165) is 38.1 Å². The van der Waals surface area contributed by atoms with Crippen molar-refractivity contribution in [1.29, 1.82) is 0 Å². The van der Waals surface area contributed by atoms with Crippen LogP contribution in [0.25, 0.3) is 0 Å². The van der Waals surface area contributed by atoms with Gasteiger partial charge in [-0.3, -0.25) is 9.69 Å². The van der Waals surface area contributed by atoms with E-state index < -0.39 is 15.4 Å². The van der Waals surface area contributed by atoms with Gasteiger partial charge in [0.15, 0.2) is 11.5 Å². The van der Waals surface area contributed by atoms with Crippen molar-refractivity contribution in [3.8, 4) is 0 Å². The molecular formula is C29H38N2O5S. The number of likely N-dealkylation sites (tertiary alicyclic amines) is 1. The largest absolute Gasteiger partial charge is 0.483 e. The van der Waals surface area contributed by atoms with E-state index in [1.165, 1.54) is 25.0 Å². The van der Waals surface area contributed by atoms with Gasteiger partial charge in [-0.05, 0) is 80.5 Å². The summed E-state index contributed by atoms with van der Waals surface area (Å²) in [6, 6.07) is 9.00. The number of hydrogen-bond donors (Lipinski definition) is 1. The maximum absolute atomic E-state index is 13.2. The Morgan fingerprint density at radius 2 is 1.97 bits per heavy atom. The van der Waals surface area contributed by atoms with Crippen LogP contribution in [0.1, 0.15) is 51.9 Å². The fourth-order valence-corrected chi connectivity index (χ4v) is 10.0. The molecule has 8 heteroatoms.